The molecule has 2 fully saturated rings. The van der Waals surface area contributed by atoms with Crippen molar-refractivity contribution in [2.75, 3.05) is 26.9 Å². The van der Waals surface area contributed by atoms with Crippen LogP contribution in [0.5, 0.6) is 0 Å². The van der Waals surface area contributed by atoms with Crippen molar-refractivity contribution in [3.05, 3.63) is 22.8 Å². The third kappa shape index (κ3) is 4.95. The highest BCUT2D eigenvalue weighted by Crippen LogP contribution is 2.55. The first-order valence-corrected chi connectivity index (χ1v) is 13.4. The number of rotatable bonds is 7. The second-order valence-electron chi connectivity index (χ2n) is 11.6. The van der Waals surface area contributed by atoms with E-state index < -0.39 is 61.0 Å². The maximum Gasteiger partial charge on any atom is 0.187 e. The molecule has 13 atom stereocenters. The molecule has 4 aliphatic rings. The fraction of sp³-hybridized carbons (Fsp3) is 0.852. The van der Waals surface area contributed by atoms with Crippen molar-refractivity contribution in [3.63, 3.8) is 0 Å². The van der Waals surface area contributed by atoms with Gasteiger partial charge in [0.05, 0.1) is 25.4 Å². The first-order chi connectivity index (χ1) is 17.5. The number of aliphatic hydroxyl groups excluding tert-OH is 7. The number of ether oxygens (including phenoxy) is 3. The molecular formula is C27H44O10. The van der Waals surface area contributed by atoms with Gasteiger partial charge in [0.2, 0.25) is 0 Å². The molecule has 0 unspecified atom stereocenters. The lowest BCUT2D eigenvalue weighted by Gasteiger charge is -2.46. The summed E-state index contributed by atoms with van der Waals surface area (Å²) < 4.78 is 17.4. The van der Waals surface area contributed by atoms with Crippen LogP contribution in [0, 0.1) is 29.1 Å². The van der Waals surface area contributed by atoms with Gasteiger partial charge in [-0.05, 0) is 43.6 Å². The molecule has 4 rings (SSSR count). The highest BCUT2D eigenvalue weighted by molar-refractivity contribution is 5.43. The fourth-order valence-electron chi connectivity index (χ4n) is 6.99. The normalized spacial score (nSPS) is 47.2. The second-order valence-corrected chi connectivity index (χ2v) is 11.6. The number of hydrogen-bond acceptors (Lipinski definition) is 10. The summed E-state index contributed by atoms with van der Waals surface area (Å²) in [7, 11) is 1.66. The summed E-state index contributed by atoms with van der Waals surface area (Å²) in [5, 5.41) is 74.2. The summed E-state index contributed by atoms with van der Waals surface area (Å²) in [6, 6.07) is 0. The molecule has 0 aromatic rings. The topological polar surface area (TPSA) is 169 Å². The van der Waals surface area contributed by atoms with Crippen molar-refractivity contribution in [1.29, 1.82) is 0 Å². The molecule has 0 aromatic carbocycles. The Labute approximate surface area is 218 Å². The fourth-order valence-corrected chi connectivity index (χ4v) is 6.99. The van der Waals surface area contributed by atoms with E-state index in [4.69, 9.17) is 14.2 Å². The van der Waals surface area contributed by atoms with Crippen LogP contribution in [0.25, 0.3) is 0 Å². The zero-order chi connectivity index (χ0) is 27.2. The van der Waals surface area contributed by atoms with Crippen molar-refractivity contribution >= 4 is 0 Å². The van der Waals surface area contributed by atoms with Crippen LogP contribution in [0.2, 0.25) is 0 Å². The van der Waals surface area contributed by atoms with Gasteiger partial charge < -0.3 is 50.0 Å². The Hall–Kier alpha value is -0.920. The van der Waals surface area contributed by atoms with Gasteiger partial charge in [0.25, 0.3) is 0 Å². The molecule has 3 aliphatic carbocycles. The van der Waals surface area contributed by atoms with E-state index in [0.717, 1.165) is 24.0 Å². The SMILES string of the molecule is COC[C@H]1CC[C@@H]2C1=C[C@]1(C)C(=C([C@H](C)CO)C[C@@H]1O)[C@@H](O[C@H]1O[C@H](CO)[C@@H](O)[C@H](O)[C@H]1O)[C@H](O)[C@@H]2C. The van der Waals surface area contributed by atoms with Gasteiger partial charge in [-0.3, -0.25) is 0 Å². The lowest BCUT2D eigenvalue weighted by Crippen LogP contribution is -2.60. The van der Waals surface area contributed by atoms with Crippen molar-refractivity contribution in [1.82, 2.24) is 0 Å². The zero-order valence-corrected chi connectivity index (χ0v) is 22.1. The lowest BCUT2D eigenvalue weighted by molar-refractivity contribution is -0.315. The van der Waals surface area contributed by atoms with Crippen LogP contribution in [-0.2, 0) is 14.2 Å². The summed E-state index contributed by atoms with van der Waals surface area (Å²) in [5.41, 5.74) is 1.63. The number of fused-ring (bicyclic) bond motifs is 2. The number of hydrogen-bond donors (Lipinski definition) is 7. The number of aliphatic hydroxyl groups is 7. The van der Waals surface area contributed by atoms with E-state index in [9.17, 15) is 35.7 Å². The lowest BCUT2D eigenvalue weighted by atomic mass is 9.68. The summed E-state index contributed by atoms with van der Waals surface area (Å²) in [6.45, 7) is 5.48. The minimum atomic E-state index is -1.63. The Balaban J connectivity index is 1.83. The third-order valence-electron chi connectivity index (χ3n) is 9.36. The zero-order valence-electron chi connectivity index (χ0n) is 22.1. The van der Waals surface area contributed by atoms with Gasteiger partial charge in [0, 0.05) is 31.0 Å². The van der Waals surface area contributed by atoms with Crippen molar-refractivity contribution in [3.8, 4) is 0 Å². The number of methoxy groups -OCH3 is 1. The van der Waals surface area contributed by atoms with Crippen LogP contribution < -0.4 is 0 Å². The van der Waals surface area contributed by atoms with Gasteiger partial charge in [-0.2, -0.15) is 0 Å². The standard InChI is InChI=1S/C27H44O10/c1-12(9-28)16-7-19(30)27(3)8-17-14(11-35-4)5-6-15(17)13(2)21(31)25(20(16)27)37-26-24(34)23(33)22(32)18(10-29)36-26/h8,12-15,18-19,21-26,28-34H,5-7,9-11H2,1-4H3/t12-,13-,14-,15+,18-,19+,21-,22-,23+,24-,25-,26-,27+/m1/s1. The molecule has 1 aliphatic heterocycles. The predicted molar refractivity (Wildman–Crippen MR) is 132 cm³/mol. The van der Waals surface area contributed by atoms with Gasteiger partial charge in [-0.15, -0.1) is 0 Å². The molecule has 0 aromatic heterocycles. The van der Waals surface area contributed by atoms with E-state index in [1.807, 2.05) is 20.8 Å². The minimum Gasteiger partial charge on any atom is -0.396 e. The largest absolute Gasteiger partial charge is 0.396 e. The van der Waals surface area contributed by atoms with E-state index in [0.29, 0.717) is 12.2 Å². The molecule has 0 bridgehead atoms. The third-order valence-corrected chi connectivity index (χ3v) is 9.36. The van der Waals surface area contributed by atoms with Crippen LogP contribution >= 0.6 is 0 Å². The van der Waals surface area contributed by atoms with E-state index in [1.54, 1.807) is 7.11 Å². The Morgan fingerprint density at radius 3 is 2.38 bits per heavy atom. The second kappa shape index (κ2) is 11.3. The summed E-state index contributed by atoms with van der Waals surface area (Å²) >= 11 is 0. The molecule has 0 spiro atoms. The molecule has 10 nitrogen and oxygen atoms in total. The van der Waals surface area contributed by atoms with Gasteiger partial charge in [-0.1, -0.05) is 31.1 Å². The molecule has 0 amide bonds. The maximum atomic E-state index is 11.8. The van der Waals surface area contributed by atoms with Gasteiger partial charge >= 0.3 is 0 Å². The van der Waals surface area contributed by atoms with Gasteiger partial charge in [-0.25, -0.2) is 0 Å². The van der Waals surface area contributed by atoms with Gasteiger partial charge in [0.1, 0.15) is 30.5 Å². The van der Waals surface area contributed by atoms with Crippen LogP contribution in [0.3, 0.4) is 0 Å². The van der Waals surface area contributed by atoms with Gasteiger partial charge in [0.15, 0.2) is 6.29 Å². The minimum absolute atomic E-state index is 0.0286. The Morgan fingerprint density at radius 2 is 1.76 bits per heavy atom. The summed E-state index contributed by atoms with van der Waals surface area (Å²) in [4.78, 5) is 0. The van der Waals surface area contributed by atoms with Crippen molar-refractivity contribution in [2.45, 2.75) is 89.1 Å². The van der Waals surface area contributed by atoms with Crippen molar-refractivity contribution < 1.29 is 50.0 Å². The van der Waals surface area contributed by atoms with Crippen LogP contribution in [0.4, 0.5) is 0 Å². The van der Waals surface area contributed by atoms with Crippen LogP contribution in [0.1, 0.15) is 40.0 Å². The molecule has 1 saturated heterocycles. The Morgan fingerprint density at radius 1 is 1.05 bits per heavy atom. The molecular weight excluding hydrogens is 484 g/mol. The molecule has 37 heavy (non-hydrogen) atoms. The van der Waals surface area contributed by atoms with E-state index in [-0.39, 0.29) is 36.7 Å². The average molecular weight is 529 g/mol. The summed E-state index contributed by atoms with van der Waals surface area (Å²) in [6.07, 6.45) is -6.21. The maximum absolute atomic E-state index is 11.8. The molecule has 10 heteroatoms. The van der Waals surface area contributed by atoms with Crippen LogP contribution in [0.15, 0.2) is 22.8 Å². The Bertz CT molecular complexity index is 873. The predicted octanol–water partition coefficient (Wildman–Crippen LogP) is -0.523. The highest BCUT2D eigenvalue weighted by atomic mass is 16.7. The van der Waals surface area contributed by atoms with Crippen molar-refractivity contribution in [2.24, 2.45) is 29.1 Å². The first-order valence-electron chi connectivity index (χ1n) is 13.4. The first kappa shape index (κ1) is 29.1. The Kier molecular flexibility index (Phi) is 8.87. The smallest absolute Gasteiger partial charge is 0.187 e. The summed E-state index contributed by atoms with van der Waals surface area (Å²) in [5.74, 6) is -0.386. The molecule has 1 heterocycles. The average Bonchev–Trinajstić information content (AvgIpc) is 3.38. The van der Waals surface area contributed by atoms with E-state index >= 15 is 0 Å². The molecule has 212 valence electrons. The van der Waals surface area contributed by atoms with E-state index in [1.165, 1.54) is 0 Å². The molecule has 7 N–H and O–H groups in total. The molecule has 1 saturated carbocycles. The quantitative estimate of drug-likeness (QED) is 0.213. The monoisotopic (exact) mass is 528 g/mol. The molecule has 0 radical (unpaired) electrons. The van der Waals surface area contributed by atoms with Crippen LogP contribution in [-0.4, -0.2) is 112 Å². The highest BCUT2D eigenvalue weighted by Gasteiger charge is 2.55. The van der Waals surface area contributed by atoms with E-state index in [2.05, 4.69) is 6.08 Å².